The number of rotatable bonds is 4. The smallest absolute Gasteiger partial charge is 0.246 e. The number of hydrogen-bond acceptors (Lipinski definition) is 3. The van der Waals surface area contributed by atoms with Crippen LogP contribution in [0.2, 0.25) is 0 Å². The molecule has 2 N–H and O–H groups in total. The second-order valence-corrected chi connectivity index (χ2v) is 7.71. The number of nitrogens with zero attached hydrogens (tertiary/aromatic N) is 1. The molecule has 0 bridgehead atoms. The van der Waals surface area contributed by atoms with Gasteiger partial charge in [-0.25, -0.2) is 8.42 Å². The summed E-state index contributed by atoms with van der Waals surface area (Å²) in [4.78, 5) is 0.126. The minimum absolute atomic E-state index is 0.116. The zero-order chi connectivity index (χ0) is 14.1. The van der Waals surface area contributed by atoms with Crippen LogP contribution in [0.1, 0.15) is 20.8 Å². The highest BCUT2D eigenvalue weighted by atomic mass is 79.9. The van der Waals surface area contributed by atoms with E-state index in [1.807, 2.05) is 13.8 Å². The molecule has 102 valence electrons. The first-order chi connectivity index (χ1) is 8.21. The molecule has 0 saturated heterocycles. The first kappa shape index (κ1) is 15.9. The minimum atomic E-state index is -3.59. The summed E-state index contributed by atoms with van der Waals surface area (Å²) in [5.41, 5.74) is 6.07. The summed E-state index contributed by atoms with van der Waals surface area (Å²) in [7, 11) is -3.59. The molecule has 0 spiro atoms. The van der Waals surface area contributed by atoms with Crippen molar-refractivity contribution in [3.8, 4) is 0 Å². The molecule has 0 unspecified atom stereocenters. The molecule has 0 aliphatic carbocycles. The van der Waals surface area contributed by atoms with Gasteiger partial charge in [-0.2, -0.15) is 4.31 Å². The highest BCUT2D eigenvalue weighted by molar-refractivity contribution is 9.11. The molecule has 18 heavy (non-hydrogen) atoms. The summed E-state index contributed by atoms with van der Waals surface area (Å²) >= 11 is 6.54. The lowest BCUT2D eigenvalue weighted by molar-refractivity contribution is 0.369. The van der Waals surface area contributed by atoms with Gasteiger partial charge < -0.3 is 5.73 Å². The zero-order valence-corrected chi connectivity index (χ0v) is 14.4. The van der Waals surface area contributed by atoms with Crippen molar-refractivity contribution in [2.24, 2.45) is 0 Å². The summed E-state index contributed by atoms with van der Waals surface area (Å²) in [6.45, 7) is 5.89. The third-order valence-corrected chi connectivity index (χ3v) is 6.11. The van der Waals surface area contributed by atoms with Gasteiger partial charge >= 0.3 is 0 Å². The van der Waals surface area contributed by atoms with Crippen molar-refractivity contribution >= 4 is 47.6 Å². The molecule has 0 aromatic heterocycles. The molecule has 0 atom stereocenters. The SMILES string of the molecule is CCN(C(C)C)S(=O)(=O)c1c(N)cc(Br)cc1Br. The quantitative estimate of drug-likeness (QED) is 0.790. The Kier molecular flexibility index (Phi) is 5.22. The number of sulfonamides is 1. The molecule has 1 aromatic rings. The van der Waals surface area contributed by atoms with Crippen molar-refractivity contribution in [2.45, 2.75) is 31.7 Å². The van der Waals surface area contributed by atoms with Gasteiger partial charge in [0.2, 0.25) is 10.0 Å². The van der Waals surface area contributed by atoms with Crippen LogP contribution in [0.5, 0.6) is 0 Å². The summed E-state index contributed by atoms with van der Waals surface area (Å²) in [6, 6.07) is 3.15. The lowest BCUT2D eigenvalue weighted by Crippen LogP contribution is -2.37. The van der Waals surface area contributed by atoms with Crippen LogP contribution >= 0.6 is 31.9 Å². The Hall–Kier alpha value is -0.110. The van der Waals surface area contributed by atoms with Crippen LogP contribution < -0.4 is 5.73 Å². The number of nitrogens with two attached hydrogens (primary N) is 1. The molecule has 0 radical (unpaired) electrons. The average Bonchev–Trinajstić information content (AvgIpc) is 2.14. The van der Waals surface area contributed by atoms with E-state index in [1.165, 1.54) is 4.31 Å². The summed E-state index contributed by atoms with van der Waals surface area (Å²) < 4.78 is 27.7. The standard InChI is InChI=1S/C11H16Br2N2O2S/c1-4-15(7(2)3)18(16,17)11-9(13)5-8(12)6-10(11)14/h5-7H,4,14H2,1-3H3. The van der Waals surface area contributed by atoms with Crippen molar-refractivity contribution in [1.82, 2.24) is 4.31 Å². The second kappa shape index (κ2) is 5.90. The van der Waals surface area contributed by atoms with E-state index < -0.39 is 10.0 Å². The summed E-state index contributed by atoms with van der Waals surface area (Å²) in [5, 5.41) is 0. The Bertz CT molecular complexity index is 521. The summed E-state index contributed by atoms with van der Waals surface area (Å²) in [6.07, 6.45) is 0. The molecule has 7 heteroatoms. The third-order valence-electron chi connectivity index (χ3n) is 2.49. The van der Waals surface area contributed by atoms with Gasteiger partial charge in [-0.1, -0.05) is 22.9 Å². The largest absolute Gasteiger partial charge is 0.398 e. The van der Waals surface area contributed by atoms with E-state index in [9.17, 15) is 8.42 Å². The molecule has 1 aromatic carbocycles. The number of anilines is 1. The van der Waals surface area contributed by atoms with Crippen molar-refractivity contribution in [2.75, 3.05) is 12.3 Å². The van der Waals surface area contributed by atoms with Gasteiger partial charge in [-0.05, 0) is 41.9 Å². The monoisotopic (exact) mass is 398 g/mol. The summed E-state index contributed by atoms with van der Waals surface area (Å²) in [5.74, 6) is 0. The van der Waals surface area contributed by atoms with Gasteiger partial charge in [-0.3, -0.25) is 0 Å². The van der Waals surface area contributed by atoms with Crippen molar-refractivity contribution in [1.29, 1.82) is 0 Å². The Morgan fingerprint density at radius 2 is 1.89 bits per heavy atom. The minimum Gasteiger partial charge on any atom is -0.398 e. The zero-order valence-electron chi connectivity index (χ0n) is 10.4. The lowest BCUT2D eigenvalue weighted by Gasteiger charge is -2.25. The van der Waals surface area contributed by atoms with Gasteiger partial charge in [0.1, 0.15) is 4.90 Å². The van der Waals surface area contributed by atoms with Crippen molar-refractivity contribution in [3.63, 3.8) is 0 Å². The third kappa shape index (κ3) is 3.07. The first-order valence-electron chi connectivity index (χ1n) is 5.48. The molecule has 1 rings (SSSR count). The van der Waals surface area contributed by atoms with Gasteiger partial charge in [0.05, 0.1) is 5.69 Å². The fourth-order valence-electron chi connectivity index (χ4n) is 1.78. The molecule has 0 aliphatic heterocycles. The van der Waals surface area contributed by atoms with E-state index in [2.05, 4.69) is 31.9 Å². The molecule has 0 heterocycles. The Labute approximate surface area is 125 Å². The highest BCUT2D eigenvalue weighted by Crippen LogP contribution is 2.34. The molecule has 0 saturated carbocycles. The fourth-order valence-corrected chi connectivity index (χ4v) is 5.45. The Morgan fingerprint density at radius 1 is 1.33 bits per heavy atom. The van der Waals surface area contributed by atoms with E-state index in [0.29, 0.717) is 11.0 Å². The van der Waals surface area contributed by atoms with Gasteiger partial charge in [-0.15, -0.1) is 0 Å². The maximum absolute atomic E-state index is 12.6. The maximum atomic E-state index is 12.6. The molecule has 0 aliphatic rings. The van der Waals surface area contributed by atoms with Crippen LogP contribution in [0, 0.1) is 0 Å². The van der Waals surface area contributed by atoms with E-state index >= 15 is 0 Å². The van der Waals surface area contributed by atoms with Crippen molar-refractivity contribution in [3.05, 3.63) is 21.1 Å². The topological polar surface area (TPSA) is 63.4 Å². The van der Waals surface area contributed by atoms with Gasteiger partial charge in [0.15, 0.2) is 0 Å². The molecular formula is C11H16Br2N2O2S. The highest BCUT2D eigenvalue weighted by Gasteiger charge is 2.29. The molecular weight excluding hydrogens is 384 g/mol. The van der Waals surface area contributed by atoms with Gasteiger partial charge in [0, 0.05) is 21.5 Å². The van der Waals surface area contributed by atoms with Crippen LogP contribution in [0.3, 0.4) is 0 Å². The van der Waals surface area contributed by atoms with Crippen LogP contribution in [0.4, 0.5) is 5.69 Å². The Balaban J connectivity index is 3.46. The average molecular weight is 400 g/mol. The van der Waals surface area contributed by atoms with E-state index in [1.54, 1.807) is 19.1 Å². The maximum Gasteiger partial charge on any atom is 0.246 e. The molecule has 0 amide bonds. The number of nitrogen functional groups attached to an aromatic ring is 1. The number of halogens is 2. The van der Waals surface area contributed by atoms with Gasteiger partial charge in [0.25, 0.3) is 0 Å². The molecule has 4 nitrogen and oxygen atoms in total. The fraction of sp³-hybridized carbons (Fsp3) is 0.455. The van der Waals surface area contributed by atoms with Crippen LogP contribution in [0.25, 0.3) is 0 Å². The normalized spacial score (nSPS) is 12.4. The van der Waals surface area contributed by atoms with E-state index in [0.717, 1.165) is 4.47 Å². The van der Waals surface area contributed by atoms with E-state index in [-0.39, 0.29) is 16.6 Å². The van der Waals surface area contributed by atoms with Crippen molar-refractivity contribution < 1.29 is 8.42 Å². The number of hydrogen-bond donors (Lipinski definition) is 1. The first-order valence-corrected chi connectivity index (χ1v) is 8.50. The predicted molar refractivity (Wildman–Crippen MR) is 81.0 cm³/mol. The van der Waals surface area contributed by atoms with Crippen LogP contribution in [-0.4, -0.2) is 25.3 Å². The molecule has 0 fully saturated rings. The lowest BCUT2D eigenvalue weighted by atomic mass is 10.3. The Morgan fingerprint density at radius 3 is 2.28 bits per heavy atom. The van der Waals surface area contributed by atoms with Crippen LogP contribution in [0.15, 0.2) is 26.0 Å². The van der Waals surface area contributed by atoms with Crippen LogP contribution in [-0.2, 0) is 10.0 Å². The second-order valence-electron chi connectivity index (χ2n) is 4.11. The predicted octanol–water partition coefficient (Wildman–Crippen LogP) is 3.21. The van der Waals surface area contributed by atoms with E-state index in [4.69, 9.17) is 5.73 Å². The number of benzene rings is 1.